The Hall–Kier alpha value is -0.590. The van der Waals surface area contributed by atoms with Gasteiger partial charge in [0.25, 0.3) is 10.1 Å². The summed E-state index contributed by atoms with van der Waals surface area (Å²) in [5.41, 5.74) is 0. The number of phenols is 1. The minimum atomic E-state index is -4.32. The van der Waals surface area contributed by atoms with E-state index in [0.717, 1.165) is 6.07 Å². The van der Waals surface area contributed by atoms with Crippen molar-refractivity contribution < 1.29 is 18.1 Å². The highest BCUT2D eigenvalue weighted by molar-refractivity contribution is 9.10. The summed E-state index contributed by atoms with van der Waals surface area (Å²) in [4.78, 5) is -0.495. The van der Waals surface area contributed by atoms with Crippen LogP contribution in [0.4, 0.5) is 0 Å². The molecule has 0 amide bonds. The minimum Gasteiger partial charge on any atom is -0.506 e. The number of halogens is 1. The summed E-state index contributed by atoms with van der Waals surface area (Å²) in [5.74, 6) is -0.480. The highest BCUT2D eigenvalue weighted by Gasteiger charge is 2.14. The maximum Gasteiger partial charge on any atom is 0.298 e. The van der Waals surface area contributed by atoms with E-state index in [0.29, 0.717) is 4.47 Å². The van der Waals surface area contributed by atoms with Crippen LogP contribution >= 0.6 is 15.9 Å². The predicted molar refractivity (Wildman–Crippen MR) is 45.6 cm³/mol. The molecule has 12 heavy (non-hydrogen) atoms. The van der Waals surface area contributed by atoms with Gasteiger partial charge in [0.15, 0.2) is 0 Å². The highest BCUT2D eigenvalue weighted by atomic mass is 79.9. The molecule has 0 saturated heterocycles. The zero-order valence-electron chi connectivity index (χ0n) is 5.73. The van der Waals surface area contributed by atoms with E-state index in [1.165, 1.54) is 12.1 Å². The molecule has 1 aromatic carbocycles. The van der Waals surface area contributed by atoms with Gasteiger partial charge in [-0.2, -0.15) is 8.42 Å². The van der Waals surface area contributed by atoms with Gasteiger partial charge >= 0.3 is 0 Å². The smallest absolute Gasteiger partial charge is 0.298 e. The van der Waals surface area contributed by atoms with Crippen LogP contribution in [-0.2, 0) is 10.1 Å². The molecule has 0 heterocycles. The Kier molecular flexibility index (Phi) is 2.41. The first-order valence-corrected chi connectivity index (χ1v) is 5.10. The molecule has 1 rings (SSSR count). The number of phenolic OH excluding ortho intramolecular Hbond substituents is 1. The Morgan fingerprint density at radius 3 is 2.33 bits per heavy atom. The Bertz CT molecular complexity index is 398. The molecule has 0 aliphatic rings. The minimum absolute atomic E-state index is 0.480. The maximum atomic E-state index is 10.5. The summed E-state index contributed by atoms with van der Waals surface area (Å²) >= 11 is 3.03. The number of aromatic hydroxyl groups is 1. The van der Waals surface area contributed by atoms with Crippen LogP contribution in [0.25, 0.3) is 0 Å². The van der Waals surface area contributed by atoms with Gasteiger partial charge in [0.1, 0.15) is 10.6 Å². The predicted octanol–water partition coefficient (Wildman–Crippen LogP) is 1.40. The van der Waals surface area contributed by atoms with E-state index < -0.39 is 20.8 Å². The standard InChI is InChI=1S/C6H5BrO4S/c7-4-1-2-6(5(8)3-4)12(9,10)11/h1-3,8H,(H,9,10,11). The molecule has 0 bridgehead atoms. The summed E-state index contributed by atoms with van der Waals surface area (Å²) in [6.07, 6.45) is 0. The number of hydrogen-bond donors (Lipinski definition) is 2. The fourth-order valence-corrected chi connectivity index (χ4v) is 1.62. The molecular weight excluding hydrogens is 248 g/mol. The summed E-state index contributed by atoms with van der Waals surface area (Å²) in [6, 6.07) is 3.70. The highest BCUT2D eigenvalue weighted by Crippen LogP contribution is 2.25. The van der Waals surface area contributed by atoms with Crippen molar-refractivity contribution in [3.05, 3.63) is 22.7 Å². The molecule has 1 aromatic rings. The molecule has 0 aromatic heterocycles. The fraction of sp³-hybridized carbons (Fsp3) is 0. The van der Waals surface area contributed by atoms with Gasteiger partial charge in [-0.15, -0.1) is 0 Å². The van der Waals surface area contributed by atoms with E-state index in [1.807, 2.05) is 0 Å². The first-order chi connectivity index (χ1) is 5.41. The zero-order valence-corrected chi connectivity index (χ0v) is 8.13. The molecule has 0 aliphatic carbocycles. The van der Waals surface area contributed by atoms with Gasteiger partial charge in [0.05, 0.1) is 0 Å². The van der Waals surface area contributed by atoms with E-state index in [4.69, 9.17) is 9.66 Å². The van der Waals surface area contributed by atoms with Gasteiger partial charge in [0.2, 0.25) is 0 Å². The Morgan fingerprint density at radius 1 is 1.33 bits per heavy atom. The van der Waals surface area contributed by atoms with Gasteiger partial charge < -0.3 is 5.11 Å². The van der Waals surface area contributed by atoms with Crippen molar-refractivity contribution in [2.45, 2.75) is 4.90 Å². The van der Waals surface area contributed by atoms with Crippen molar-refractivity contribution in [3.8, 4) is 5.75 Å². The van der Waals surface area contributed by atoms with E-state index in [2.05, 4.69) is 15.9 Å². The monoisotopic (exact) mass is 252 g/mol. The second-order valence-electron chi connectivity index (χ2n) is 2.09. The van der Waals surface area contributed by atoms with Crippen LogP contribution in [-0.4, -0.2) is 18.1 Å². The summed E-state index contributed by atoms with van der Waals surface area (Å²) < 4.78 is 30.2. The van der Waals surface area contributed by atoms with Crippen LogP contribution in [0.15, 0.2) is 27.6 Å². The molecular formula is C6H5BrO4S. The van der Waals surface area contributed by atoms with Crippen LogP contribution in [0.3, 0.4) is 0 Å². The normalized spacial score (nSPS) is 11.5. The quantitative estimate of drug-likeness (QED) is 0.742. The lowest BCUT2D eigenvalue weighted by Crippen LogP contribution is -1.97. The first-order valence-electron chi connectivity index (χ1n) is 2.87. The van der Waals surface area contributed by atoms with Crippen LogP contribution in [0.5, 0.6) is 5.75 Å². The second kappa shape index (κ2) is 3.04. The Balaban J connectivity index is 3.39. The van der Waals surface area contributed by atoms with Crippen molar-refractivity contribution in [2.24, 2.45) is 0 Å². The van der Waals surface area contributed by atoms with Crippen molar-refractivity contribution in [1.82, 2.24) is 0 Å². The van der Waals surface area contributed by atoms with E-state index in [1.54, 1.807) is 0 Å². The van der Waals surface area contributed by atoms with Crippen LogP contribution in [0.1, 0.15) is 0 Å². The summed E-state index contributed by atoms with van der Waals surface area (Å²) in [7, 11) is -4.32. The van der Waals surface area contributed by atoms with Gasteiger partial charge in [-0.05, 0) is 18.2 Å². The molecule has 0 radical (unpaired) electrons. The van der Waals surface area contributed by atoms with Crippen molar-refractivity contribution in [3.63, 3.8) is 0 Å². The SMILES string of the molecule is O=S(=O)(O)c1ccc(Br)cc1O. The van der Waals surface area contributed by atoms with Crippen LogP contribution < -0.4 is 0 Å². The molecule has 0 atom stereocenters. The zero-order chi connectivity index (χ0) is 9.35. The average molecular weight is 253 g/mol. The molecule has 0 saturated carbocycles. The summed E-state index contributed by atoms with van der Waals surface area (Å²) in [5, 5.41) is 9.06. The average Bonchev–Trinajstić information content (AvgIpc) is 1.83. The fourth-order valence-electron chi connectivity index (χ4n) is 0.709. The van der Waals surface area contributed by atoms with Crippen molar-refractivity contribution in [1.29, 1.82) is 0 Å². The Labute approximate surface area is 77.7 Å². The third-order valence-corrected chi connectivity index (χ3v) is 2.59. The maximum absolute atomic E-state index is 10.5. The molecule has 0 aliphatic heterocycles. The van der Waals surface area contributed by atoms with E-state index >= 15 is 0 Å². The number of rotatable bonds is 1. The van der Waals surface area contributed by atoms with E-state index in [9.17, 15) is 8.42 Å². The van der Waals surface area contributed by atoms with Crippen molar-refractivity contribution >= 4 is 26.0 Å². The van der Waals surface area contributed by atoms with Gasteiger partial charge in [0, 0.05) is 4.47 Å². The molecule has 0 spiro atoms. The largest absolute Gasteiger partial charge is 0.506 e. The Morgan fingerprint density at radius 2 is 1.92 bits per heavy atom. The van der Waals surface area contributed by atoms with E-state index in [-0.39, 0.29) is 0 Å². The molecule has 0 fully saturated rings. The van der Waals surface area contributed by atoms with Crippen molar-refractivity contribution in [2.75, 3.05) is 0 Å². The lowest BCUT2D eigenvalue weighted by molar-refractivity contribution is 0.443. The lowest BCUT2D eigenvalue weighted by atomic mass is 10.3. The lowest BCUT2D eigenvalue weighted by Gasteiger charge is -1.99. The topological polar surface area (TPSA) is 74.6 Å². The molecule has 66 valence electrons. The third-order valence-electron chi connectivity index (χ3n) is 1.20. The van der Waals surface area contributed by atoms with Gasteiger partial charge in [-0.25, -0.2) is 0 Å². The molecule has 2 N–H and O–H groups in total. The molecule has 4 nitrogen and oxygen atoms in total. The molecule has 6 heteroatoms. The number of hydrogen-bond acceptors (Lipinski definition) is 3. The second-order valence-corrected chi connectivity index (χ2v) is 4.39. The van der Waals surface area contributed by atoms with Gasteiger partial charge in [-0.1, -0.05) is 15.9 Å². The van der Waals surface area contributed by atoms with Crippen LogP contribution in [0, 0.1) is 0 Å². The first kappa shape index (κ1) is 9.50. The van der Waals surface area contributed by atoms with Gasteiger partial charge in [-0.3, -0.25) is 4.55 Å². The number of benzene rings is 1. The summed E-state index contributed by atoms with van der Waals surface area (Å²) in [6.45, 7) is 0. The molecule has 0 unspecified atom stereocenters. The van der Waals surface area contributed by atoms with Crippen LogP contribution in [0.2, 0.25) is 0 Å². The third kappa shape index (κ3) is 1.96.